The summed E-state index contributed by atoms with van der Waals surface area (Å²) in [6, 6.07) is 12.9. The van der Waals surface area contributed by atoms with Gasteiger partial charge in [-0.1, -0.05) is 35.9 Å². The fraction of sp³-hybridized carbons (Fsp3) is 0.429. The van der Waals surface area contributed by atoms with Crippen LogP contribution in [-0.4, -0.2) is 6.10 Å². The van der Waals surface area contributed by atoms with Crippen molar-refractivity contribution >= 4 is 5.69 Å². The van der Waals surface area contributed by atoms with Gasteiger partial charge in [0.05, 0.1) is 6.10 Å². The van der Waals surface area contributed by atoms with Gasteiger partial charge in [0.25, 0.3) is 0 Å². The largest absolute Gasteiger partial charge is 0.490 e. The van der Waals surface area contributed by atoms with Gasteiger partial charge in [-0.15, -0.1) is 0 Å². The van der Waals surface area contributed by atoms with Gasteiger partial charge in [0, 0.05) is 17.8 Å². The molecule has 0 radical (unpaired) electrons. The number of rotatable bonds is 5. The molecular weight excluding hydrogens is 282 g/mol. The Labute approximate surface area is 139 Å². The lowest BCUT2D eigenvalue weighted by Crippen LogP contribution is -2.13. The van der Waals surface area contributed by atoms with Gasteiger partial charge in [0.2, 0.25) is 0 Å². The quantitative estimate of drug-likeness (QED) is 0.782. The van der Waals surface area contributed by atoms with E-state index in [1.807, 2.05) is 0 Å². The Hall–Kier alpha value is -1.96. The summed E-state index contributed by atoms with van der Waals surface area (Å²) in [5, 5.41) is 3.61. The zero-order valence-electron chi connectivity index (χ0n) is 14.5. The zero-order chi connectivity index (χ0) is 16.2. The van der Waals surface area contributed by atoms with Crippen LogP contribution in [0.2, 0.25) is 0 Å². The monoisotopic (exact) mass is 309 g/mol. The van der Waals surface area contributed by atoms with Crippen molar-refractivity contribution < 1.29 is 4.74 Å². The molecule has 1 aliphatic rings. The lowest BCUT2D eigenvalue weighted by molar-refractivity contribution is 0.208. The third kappa shape index (κ3) is 3.87. The summed E-state index contributed by atoms with van der Waals surface area (Å²) in [6.07, 6.45) is 5.38. The molecule has 0 aliphatic heterocycles. The molecule has 0 bridgehead atoms. The van der Waals surface area contributed by atoms with Crippen LogP contribution in [-0.2, 0) is 6.54 Å². The first-order valence-electron chi connectivity index (χ1n) is 8.70. The van der Waals surface area contributed by atoms with E-state index in [0.717, 1.165) is 12.3 Å². The molecule has 0 atom stereocenters. The van der Waals surface area contributed by atoms with Crippen molar-refractivity contribution in [2.45, 2.75) is 59.1 Å². The average molecular weight is 309 g/mol. The number of hydrogen-bond acceptors (Lipinski definition) is 2. The minimum atomic E-state index is 0.402. The van der Waals surface area contributed by atoms with E-state index in [1.165, 1.54) is 53.6 Å². The molecule has 1 saturated carbocycles. The van der Waals surface area contributed by atoms with E-state index in [1.54, 1.807) is 0 Å². The molecule has 1 fully saturated rings. The standard InChI is InChI=1S/C21H27NO/c1-15-12-16(2)21(17(3)13-15)22-14-18-8-4-7-11-20(18)23-19-9-5-6-10-19/h4,7-8,11-13,19,22H,5-6,9-10,14H2,1-3H3. The van der Waals surface area contributed by atoms with Gasteiger partial charge in [-0.05, 0) is 63.6 Å². The molecule has 2 aromatic rings. The first-order chi connectivity index (χ1) is 11.1. The molecule has 0 aromatic heterocycles. The summed E-state index contributed by atoms with van der Waals surface area (Å²) in [4.78, 5) is 0. The van der Waals surface area contributed by atoms with Crippen LogP contribution >= 0.6 is 0 Å². The molecule has 0 unspecified atom stereocenters. The molecule has 23 heavy (non-hydrogen) atoms. The Balaban J connectivity index is 1.73. The molecule has 2 aromatic carbocycles. The van der Waals surface area contributed by atoms with Crippen LogP contribution < -0.4 is 10.1 Å². The highest BCUT2D eigenvalue weighted by Gasteiger charge is 2.17. The molecule has 2 heteroatoms. The number of nitrogens with one attached hydrogen (secondary N) is 1. The molecule has 0 spiro atoms. The molecule has 0 saturated heterocycles. The number of aryl methyl sites for hydroxylation is 3. The average Bonchev–Trinajstić information content (AvgIpc) is 3.00. The lowest BCUT2D eigenvalue weighted by Gasteiger charge is -2.18. The summed E-state index contributed by atoms with van der Waals surface area (Å²) in [5.74, 6) is 1.04. The van der Waals surface area contributed by atoms with E-state index in [9.17, 15) is 0 Å². The summed E-state index contributed by atoms with van der Waals surface area (Å²) in [5.41, 5.74) is 6.40. The normalized spacial score (nSPS) is 14.9. The molecule has 2 nitrogen and oxygen atoms in total. The Bertz CT molecular complexity index is 648. The van der Waals surface area contributed by atoms with E-state index in [0.29, 0.717) is 6.10 Å². The van der Waals surface area contributed by atoms with Crippen LogP contribution in [0, 0.1) is 20.8 Å². The van der Waals surface area contributed by atoms with E-state index < -0.39 is 0 Å². The van der Waals surface area contributed by atoms with Crippen molar-refractivity contribution in [3.05, 3.63) is 58.7 Å². The van der Waals surface area contributed by atoms with Crippen molar-refractivity contribution in [3.8, 4) is 5.75 Å². The van der Waals surface area contributed by atoms with Crippen molar-refractivity contribution in [2.75, 3.05) is 5.32 Å². The maximum Gasteiger partial charge on any atom is 0.124 e. The van der Waals surface area contributed by atoms with Gasteiger partial charge < -0.3 is 10.1 Å². The van der Waals surface area contributed by atoms with Gasteiger partial charge in [0.1, 0.15) is 5.75 Å². The third-order valence-electron chi connectivity index (χ3n) is 4.70. The molecule has 122 valence electrons. The highest BCUT2D eigenvalue weighted by Crippen LogP contribution is 2.28. The van der Waals surface area contributed by atoms with Crippen LogP contribution in [0.1, 0.15) is 47.9 Å². The third-order valence-corrected chi connectivity index (χ3v) is 4.70. The van der Waals surface area contributed by atoms with E-state index in [2.05, 4.69) is 62.5 Å². The van der Waals surface area contributed by atoms with Gasteiger partial charge >= 0.3 is 0 Å². The summed E-state index contributed by atoms with van der Waals surface area (Å²) in [7, 11) is 0. The van der Waals surface area contributed by atoms with Gasteiger partial charge in [-0.25, -0.2) is 0 Å². The van der Waals surface area contributed by atoms with Crippen molar-refractivity contribution in [2.24, 2.45) is 0 Å². The Morgan fingerprint density at radius 1 is 1.00 bits per heavy atom. The first-order valence-corrected chi connectivity index (χ1v) is 8.70. The van der Waals surface area contributed by atoms with Crippen LogP contribution in [0.15, 0.2) is 36.4 Å². The number of para-hydroxylation sites is 1. The second-order valence-corrected chi connectivity index (χ2v) is 6.76. The smallest absolute Gasteiger partial charge is 0.124 e. The van der Waals surface area contributed by atoms with Gasteiger partial charge in [-0.2, -0.15) is 0 Å². The highest BCUT2D eigenvalue weighted by molar-refractivity contribution is 5.58. The lowest BCUT2D eigenvalue weighted by atomic mass is 10.0. The Kier molecular flexibility index (Phi) is 4.90. The van der Waals surface area contributed by atoms with E-state index in [4.69, 9.17) is 4.74 Å². The van der Waals surface area contributed by atoms with Crippen molar-refractivity contribution in [1.29, 1.82) is 0 Å². The van der Waals surface area contributed by atoms with Crippen LogP contribution in [0.5, 0.6) is 5.75 Å². The summed E-state index contributed by atoms with van der Waals surface area (Å²) < 4.78 is 6.23. The summed E-state index contributed by atoms with van der Waals surface area (Å²) >= 11 is 0. The van der Waals surface area contributed by atoms with Crippen LogP contribution in [0.3, 0.4) is 0 Å². The minimum Gasteiger partial charge on any atom is -0.490 e. The maximum absolute atomic E-state index is 6.23. The minimum absolute atomic E-state index is 0.402. The number of benzene rings is 2. The molecule has 3 rings (SSSR count). The predicted molar refractivity (Wildman–Crippen MR) is 97.3 cm³/mol. The fourth-order valence-electron chi connectivity index (χ4n) is 3.59. The molecular formula is C21H27NO. The Morgan fingerprint density at radius 3 is 2.35 bits per heavy atom. The molecule has 0 heterocycles. The second-order valence-electron chi connectivity index (χ2n) is 6.76. The number of hydrogen-bond donors (Lipinski definition) is 1. The molecule has 0 amide bonds. The maximum atomic E-state index is 6.23. The Morgan fingerprint density at radius 2 is 1.65 bits per heavy atom. The summed E-state index contributed by atoms with van der Waals surface area (Å²) in [6.45, 7) is 7.29. The van der Waals surface area contributed by atoms with Crippen LogP contribution in [0.25, 0.3) is 0 Å². The number of anilines is 1. The van der Waals surface area contributed by atoms with E-state index >= 15 is 0 Å². The van der Waals surface area contributed by atoms with E-state index in [-0.39, 0.29) is 0 Å². The predicted octanol–water partition coefficient (Wildman–Crippen LogP) is 5.55. The molecule has 1 aliphatic carbocycles. The van der Waals surface area contributed by atoms with Crippen molar-refractivity contribution in [3.63, 3.8) is 0 Å². The zero-order valence-corrected chi connectivity index (χ0v) is 14.5. The van der Waals surface area contributed by atoms with Gasteiger partial charge in [-0.3, -0.25) is 0 Å². The van der Waals surface area contributed by atoms with Crippen molar-refractivity contribution in [1.82, 2.24) is 0 Å². The SMILES string of the molecule is Cc1cc(C)c(NCc2ccccc2OC2CCCC2)c(C)c1. The second kappa shape index (κ2) is 7.08. The topological polar surface area (TPSA) is 21.3 Å². The highest BCUT2D eigenvalue weighted by atomic mass is 16.5. The number of ether oxygens (including phenoxy) is 1. The van der Waals surface area contributed by atoms with Crippen LogP contribution in [0.4, 0.5) is 5.69 Å². The molecule has 1 N–H and O–H groups in total. The fourth-order valence-corrected chi connectivity index (χ4v) is 3.59. The first kappa shape index (κ1) is 15.9. The van der Waals surface area contributed by atoms with Gasteiger partial charge in [0.15, 0.2) is 0 Å².